The van der Waals surface area contributed by atoms with Gasteiger partial charge in [-0.15, -0.1) is 0 Å². The quantitative estimate of drug-likeness (QED) is 0.888. The maximum absolute atomic E-state index is 13.7. The molecule has 2 fully saturated rings. The van der Waals surface area contributed by atoms with E-state index in [1.54, 1.807) is 24.1 Å². The summed E-state index contributed by atoms with van der Waals surface area (Å²) >= 11 is 0. The molecule has 1 aromatic rings. The van der Waals surface area contributed by atoms with Gasteiger partial charge in [-0.25, -0.2) is 13.8 Å². The minimum absolute atomic E-state index is 0.0820. The number of amides is 2. The smallest absolute Gasteiger partial charge is 0.263 e. The number of carbonyl (C=O) groups is 2. The standard InChI is InChI=1S/C18H22F2N4O2/c1-2-17(11-18(17,19)20)16(26)24-9-7-23(8-10-24)15(25)13-4-6-22-14-12(13)3-5-21-14/h4,6H,2-3,5,7-11H2,1H3,(H,21,22). The van der Waals surface area contributed by atoms with Gasteiger partial charge in [-0.3, -0.25) is 9.59 Å². The number of carbonyl (C=O) groups excluding carboxylic acids is 2. The summed E-state index contributed by atoms with van der Waals surface area (Å²) in [4.78, 5) is 32.8. The molecule has 0 spiro atoms. The van der Waals surface area contributed by atoms with Crippen molar-refractivity contribution in [3.8, 4) is 0 Å². The van der Waals surface area contributed by atoms with E-state index in [1.165, 1.54) is 4.90 Å². The highest BCUT2D eigenvalue weighted by Crippen LogP contribution is 2.63. The van der Waals surface area contributed by atoms with Crippen molar-refractivity contribution in [3.63, 3.8) is 0 Å². The Balaban J connectivity index is 1.42. The molecule has 26 heavy (non-hydrogen) atoms. The van der Waals surface area contributed by atoms with Gasteiger partial charge >= 0.3 is 0 Å². The Hall–Kier alpha value is -2.25. The van der Waals surface area contributed by atoms with Crippen molar-refractivity contribution in [2.45, 2.75) is 32.1 Å². The predicted molar refractivity (Wildman–Crippen MR) is 91.2 cm³/mol. The first-order chi connectivity index (χ1) is 12.4. The molecule has 2 aliphatic heterocycles. The SMILES string of the molecule is CCC1(C(=O)N2CCN(C(=O)c3ccnc4c3CCN4)CC2)CC1(F)F. The molecule has 0 bridgehead atoms. The first kappa shape index (κ1) is 17.2. The molecule has 8 heteroatoms. The van der Waals surface area contributed by atoms with Gasteiger partial charge in [-0.05, 0) is 18.9 Å². The first-order valence-electron chi connectivity index (χ1n) is 9.08. The van der Waals surface area contributed by atoms with Crippen LogP contribution in [0, 0.1) is 5.41 Å². The van der Waals surface area contributed by atoms with E-state index in [9.17, 15) is 18.4 Å². The van der Waals surface area contributed by atoms with Crippen molar-refractivity contribution in [2.75, 3.05) is 38.0 Å². The van der Waals surface area contributed by atoms with Crippen molar-refractivity contribution >= 4 is 17.6 Å². The van der Waals surface area contributed by atoms with E-state index in [2.05, 4.69) is 10.3 Å². The third-order valence-corrected chi connectivity index (χ3v) is 5.92. The van der Waals surface area contributed by atoms with Crippen molar-refractivity contribution in [2.24, 2.45) is 5.41 Å². The van der Waals surface area contributed by atoms with Crippen LogP contribution in [0.25, 0.3) is 0 Å². The first-order valence-corrected chi connectivity index (χ1v) is 9.08. The lowest BCUT2D eigenvalue weighted by atomic mass is 10.00. The lowest BCUT2D eigenvalue weighted by Gasteiger charge is -2.36. The molecular weight excluding hydrogens is 342 g/mol. The Kier molecular flexibility index (Phi) is 3.89. The van der Waals surface area contributed by atoms with Crippen LogP contribution in [0.2, 0.25) is 0 Å². The van der Waals surface area contributed by atoms with Crippen LogP contribution >= 0.6 is 0 Å². The average Bonchev–Trinajstić information content (AvgIpc) is 2.99. The van der Waals surface area contributed by atoms with Crippen LogP contribution in [0.15, 0.2) is 12.3 Å². The van der Waals surface area contributed by atoms with Gasteiger partial charge in [-0.1, -0.05) is 6.92 Å². The largest absolute Gasteiger partial charge is 0.369 e. The molecular formula is C18H22F2N4O2. The third kappa shape index (κ3) is 2.46. The molecule has 1 atom stereocenters. The number of anilines is 1. The summed E-state index contributed by atoms with van der Waals surface area (Å²) in [7, 11) is 0. The molecule has 1 aliphatic carbocycles. The van der Waals surface area contributed by atoms with Crippen LogP contribution < -0.4 is 5.32 Å². The second-order valence-corrected chi connectivity index (χ2v) is 7.26. The van der Waals surface area contributed by atoms with Crippen LogP contribution in [-0.4, -0.2) is 65.2 Å². The van der Waals surface area contributed by atoms with Gasteiger partial charge < -0.3 is 15.1 Å². The van der Waals surface area contributed by atoms with Crippen molar-refractivity contribution in [3.05, 3.63) is 23.4 Å². The molecule has 1 aromatic heterocycles. The molecule has 3 aliphatic rings. The fourth-order valence-electron chi connectivity index (χ4n) is 4.09. The molecule has 140 valence electrons. The van der Waals surface area contributed by atoms with E-state index in [-0.39, 0.29) is 18.7 Å². The number of halogens is 2. The van der Waals surface area contributed by atoms with Crippen LogP contribution in [-0.2, 0) is 11.2 Å². The normalized spacial score (nSPS) is 26.3. The van der Waals surface area contributed by atoms with Gasteiger partial charge in [0.2, 0.25) is 5.91 Å². The third-order valence-electron chi connectivity index (χ3n) is 5.92. The molecule has 1 saturated heterocycles. The Morgan fingerprint density at radius 1 is 1.23 bits per heavy atom. The van der Waals surface area contributed by atoms with Gasteiger partial charge in [0, 0.05) is 56.5 Å². The summed E-state index contributed by atoms with van der Waals surface area (Å²) in [5.41, 5.74) is 0.0497. The lowest BCUT2D eigenvalue weighted by Crippen LogP contribution is -2.53. The zero-order chi connectivity index (χ0) is 18.5. The highest BCUT2D eigenvalue weighted by molar-refractivity contribution is 5.97. The van der Waals surface area contributed by atoms with E-state index >= 15 is 0 Å². The fraction of sp³-hybridized carbons (Fsp3) is 0.611. The summed E-state index contributed by atoms with van der Waals surface area (Å²) in [6.07, 6.45) is 2.17. The molecule has 2 amide bonds. The number of hydrogen-bond acceptors (Lipinski definition) is 4. The minimum atomic E-state index is -2.89. The van der Waals surface area contributed by atoms with Crippen molar-refractivity contribution < 1.29 is 18.4 Å². The maximum atomic E-state index is 13.7. The van der Waals surface area contributed by atoms with Crippen LogP contribution in [0.4, 0.5) is 14.6 Å². The summed E-state index contributed by atoms with van der Waals surface area (Å²) in [5.74, 6) is -2.69. The van der Waals surface area contributed by atoms with Gasteiger partial charge in [0.05, 0.1) is 0 Å². The molecule has 0 radical (unpaired) electrons. The number of pyridine rings is 1. The van der Waals surface area contributed by atoms with Gasteiger partial charge in [0.15, 0.2) is 0 Å². The Labute approximate surface area is 150 Å². The number of fused-ring (bicyclic) bond motifs is 1. The second kappa shape index (κ2) is 5.89. The number of nitrogens with one attached hydrogen (secondary N) is 1. The molecule has 1 unspecified atom stereocenters. The molecule has 0 aromatic carbocycles. The van der Waals surface area contributed by atoms with E-state index in [4.69, 9.17) is 0 Å². The minimum Gasteiger partial charge on any atom is -0.369 e. The zero-order valence-electron chi connectivity index (χ0n) is 14.7. The molecule has 1 N–H and O–H groups in total. The van der Waals surface area contributed by atoms with E-state index in [0.717, 1.165) is 24.3 Å². The molecule has 1 saturated carbocycles. The summed E-state index contributed by atoms with van der Waals surface area (Å²) in [5, 5.41) is 3.15. The maximum Gasteiger partial charge on any atom is 0.263 e. The molecule has 4 rings (SSSR count). The number of piperazine rings is 1. The van der Waals surface area contributed by atoms with Gasteiger partial charge in [0.1, 0.15) is 11.2 Å². The highest BCUT2D eigenvalue weighted by atomic mass is 19.3. The predicted octanol–water partition coefficient (Wildman–Crippen LogP) is 1.77. The molecule has 6 nitrogen and oxygen atoms in total. The summed E-state index contributed by atoms with van der Waals surface area (Å²) < 4.78 is 27.4. The van der Waals surface area contributed by atoms with Crippen molar-refractivity contribution in [1.82, 2.24) is 14.8 Å². The Bertz CT molecular complexity index is 762. The fourth-order valence-corrected chi connectivity index (χ4v) is 4.09. The van der Waals surface area contributed by atoms with Gasteiger partial charge in [-0.2, -0.15) is 0 Å². The number of nitrogens with zero attached hydrogens (tertiary/aromatic N) is 3. The lowest BCUT2D eigenvalue weighted by molar-refractivity contribution is -0.142. The Morgan fingerprint density at radius 2 is 1.88 bits per heavy atom. The van der Waals surface area contributed by atoms with Crippen molar-refractivity contribution in [1.29, 1.82) is 0 Å². The van der Waals surface area contributed by atoms with E-state index < -0.39 is 17.2 Å². The van der Waals surface area contributed by atoms with Crippen LogP contribution in [0.1, 0.15) is 35.7 Å². The average molecular weight is 364 g/mol. The number of aromatic nitrogens is 1. The second-order valence-electron chi connectivity index (χ2n) is 7.26. The molecule has 3 heterocycles. The number of hydrogen-bond donors (Lipinski definition) is 1. The summed E-state index contributed by atoms with van der Waals surface area (Å²) in [6, 6.07) is 1.72. The zero-order valence-corrected chi connectivity index (χ0v) is 14.7. The van der Waals surface area contributed by atoms with Gasteiger partial charge in [0.25, 0.3) is 11.8 Å². The number of rotatable bonds is 3. The monoisotopic (exact) mass is 364 g/mol. The Morgan fingerprint density at radius 3 is 2.50 bits per heavy atom. The summed E-state index contributed by atoms with van der Waals surface area (Å²) in [6.45, 7) is 3.72. The highest BCUT2D eigenvalue weighted by Gasteiger charge is 2.75. The topological polar surface area (TPSA) is 65.5 Å². The number of alkyl halides is 2. The van der Waals surface area contributed by atoms with E-state index in [0.29, 0.717) is 31.7 Å². The van der Waals surface area contributed by atoms with Crippen LogP contribution in [0.5, 0.6) is 0 Å². The van der Waals surface area contributed by atoms with E-state index in [1.807, 2.05) is 0 Å². The van der Waals surface area contributed by atoms with Crippen LogP contribution in [0.3, 0.4) is 0 Å².